The number of hydrogen-bond acceptors (Lipinski definition) is 4. The first kappa shape index (κ1) is 13.8. The van der Waals surface area contributed by atoms with Crippen molar-refractivity contribution in [2.75, 3.05) is 19.8 Å². The molecule has 2 rings (SSSR count). The normalized spacial score (nSPS) is 19.3. The molecule has 2 N–H and O–H groups in total. The lowest BCUT2D eigenvalue weighted by Gasteiger charge is -2.33. The van der Waals surface area contributed by atoms with Gasteiger partial charge in [-0.25, -0.2) is 4.39 Å². The summed E-state index contributed by atoms with van der Waals surface area (Å²) in [5.41, 5.74) is 5.50. The SMILES string of the molecule is NC(=O)C1COCCN1C(=O)c1ccc(F)c(S)c1. The molecule has 1 aromatic rings. The van der Waals surface area contributed by atoms with Gasteiger partial charge in [0.1, 0.15) is 11.9 Å². The number of nitrogens with two attached hydrogens (primary N) is 1. The Kier molecular flexibility index (Phi) is 4.06. The second-order valence-electron chi connectivity index (χ2n) is 4.16. The summed E-state index contributed by atoms with van der Waals surface area (Å²) in [5, 5.41) is 0. The largest absolute Gasteiger partial charge is 0.377 e. The van der Waals surface area contributed by atoms with Crippen molar-refractivity contribution >= 4 is 24.4 Å². The van der Waals surface area contributed by atoms with Crippen molar-refractivity contribution in [3.63, 3.8) is 0 Å². The van der Waals surface area contributed by atoms with Gasteiger partial charge >= 0.3 is 0 Å². The quantitative estimate of drug-likeness (QED) is 0.774. The number of hydrogen-bond donors (Lipinski definition) is 2. The van der Waals surface area contributed by atoms with Crippen LogP contribution in [-0.2, 0) is 9.53 Å². The van der Waals surface area contributed by atoms with E-state index in [2.05, 4.69) is 12.6 Å². The van der Waals surface area contributed by atoms with Crippen LogP contribution >= 0.6 is 12.6 Å². The number of rotatable bonds is 2. The maximum absolute atomic E-state index is 13.1. The highest BCUT2D eigenvalue weighted by Crippen LogP contribution is 2.18. The first-order valence-corrected chi connectivity index (χ1v) is 6.12. The van der Waals surface area contributed by atoms with Crippen molar-refractivity contribution in [2.24, 2.45) is 5.73 Å². The number of carbonyl (C=O) groups is 2. The summed E-state index contributed by atoms with van der Waals surface area (Å²) in [6.07, 6.45) is 0. The minimum Gasteiger partial charge on any atom is -0.377 e. The number of benzene rings is 1. The van der Waals surface area contributed by atoms with Crippen molar-refractivity contribution < 1.29 is 18.7 Å². The maximum Gasteiger partial charge on any atom is 0.254 e. The van der Waals surface area contributed by atoms with Gasteiger partial charge in [0.15, 0.2) is 0 Å². The van der Waals surface area contributed by atoms with E-state index in [4.69, 9.17) is 10.5 Å². The van der Waals surface area contributed by atoms with E-state index >= 15 is 0 Å². The Morgan fingerprint density at radius 2 is 2.21 bits per heavy atom. The van der Waals surface area contributed by atoms with E-state index in [1.807, 2.05) is 0 Å². The summed E-state index contributed by atoms with van der Waals surface area (Å²) in [6, 6.07) is 3.05. The van der Waals surface area contributed by atoms with Gasteiger partial charge in [-0.3, -0.25) is 9.59 Å². The molecule has 5 nitrogen and oxygen atoms in total. The lowest BCUT2D eigenvalue weighted by Crippen LogP contribution is -2.54. The van der Waals surface area contributed by atoms with Gasteiger partial charge in [0, 0.05) is 17.0 Å². The number of amides is 2. The first-order chi connectivity index (χ1) is 9.00. The molecule has 19 heavy (non-hydrogen) atoms. The zero-order valence-electron chi connectivity index (χ0n) is 10.0. The number of ether oxygens (including phenoxy) is 1. The van der Waals surface area contributed by atoms with Crippen LogP contribution in [0.25, 0.3) is 0 Å². The van der Waals surface area contributed by atoms with Crippen LogP contribution in [0.15, 0.2) is 23.1 Å². The smallest absolute Gasteiger partial charge is 0.254 e. The lowest BCUT2D eigenvalue weighted by molar-refractivity contribution is -0.127. The van der Waals surface area contributed by atoms with Crippen LogP contribution in [0, 0.1) is 5.82 Å². The van der Waals surface area contributed by atoms with E-state index in [0.29, 0.717) is 6.61 Å². The van der Waals surface area contributed by atoms with Crippen LogP contribution in [0.4, 0.5) is 4.39 Å². The number of thiol groups is 1. The Balaban J connectivity index is 2.26. The van der Waals surface area contributed by atoms with Crippen LogP contribution in [0.1, 0.15) is 10.4 Å². The van der Waals surface area contributed by atoms with Gasteiger partial charge in [0.05, 0.1) is 13.2 Å². The fourth-order valence-electron chi connectivity index (χ4n) is 1.89. The Labute approximate surface area is 114 Å². The molecule has 0 aromatic heterocycles. The van der Waals surface area contributed by atoms with Crippen molar-refractivity contribution in [2.45, 2.75) is 10.9 Å². The molecule has 1 saturated heterocycles. The van der Waals surface area contributed by atoms with Gasteiger partial charge in [-0.1, -0.05) is 0 Å². The number of halogens is 1. The maximum atomic E-state index is 13.1. The highest BCUT2D eigenvalue weighted by Gasteiger charge is 2.32. The monoisotopic (exact) mass is 284 g/mol. The fourth-order valence-corrected chi connectivity index (χ4v) is 2.11. The molecular formula is C12H13FN2O3S. The Bertz CT molecular complexity index is 524. The van der Waals surface area contributed by atoms with Crippen molar-refractivity contribution in [1.82, 2.24) is 4.90 Å². The molecule has 1 unspecified atom stereocenters. The molecule has 0 radical (unpaired) electrons. The molecule has 1 atom stereocenters. The third-order valence-electron chi connectivity index (χ3n) is 2.91. The van der Waals surface area contributed by atoms with E-state index < -0.39 is 17.8 Å². The zero-order chi connectivity index (χ0) is 14.0. The van der Waals surface area contributed by atoms with Crippen molar-refractivity contribution in [3.8, 4) is 0 Å². The molecule has 1 aromatic carbocycles. The van der Waals surface area contributed by atoms with Crippen LogP contribution < -0.4 is 5.73 Å². The van der Waals surface area contributed by atoms with Gasteiger partial charge in [-0.15, -0.1) is 12.6 Å². The molecule has 7 heteroatoms. The Morgan fingerprint density at radius 1 is 1.47 bits per heavy atom. The predicted molar refractivity (Wildman–Crippen MR) is 68.5 cm³/mol. The van der Waals surface area contributed by atoms with Crippen molar-refractivity contribution in [3.05, 3.63) is 29.6 Å². The van der Waals surface area contributed by atoms with Crippen LogP contribution in [0.3, 0.4) is 0 Å². The van der Waals surface area contributed by atoms with Gasteiger partial charge < -0.3 is 15.4 Å². The Morgan fingerprint density at radius 3 is 2.84 bits per heavy atom. The molecule has 0 bridgehead atoms. The number of morpholine rings is 1. The van der Waals surface area contributed by atoms with Gasteiger partial charge in [-0.05, 0) is 18.2 Å². The average Bonchev–Trinajstić information content (AvgIpc) is 2.41. The summed E-state index contributed by atoms with van der Waals surface area (Å²) in [7, 11) is 0. The second-order valence-corrected chi connectivity index (χ2v) is 4.64. The Hall–Kier alpha value is -1.60. The highest BCUT2D eigenvalue weighted by atomic mass is 32.1. The fraction of sp³-hybridized carbons (Fsp3) is 0.333. The third-order valence-corrected chi connectivity index (χ3v) is 3.25. The third kappa shape index (κ3) is 2.87. The van der Waals surface area contributed by atoms with E-state index in [-0.39, 0.29) is 29.5 Å². The van der Waals surface area contributed by atoms with Crippen LogP contribution in [0.2, 0.25) is 0 Å². The minimum absolute atomic E-state index is 0.0785. The molecule has 1 heterocycles. The van der Waals surface area contributed by atoms with E-state index in [1.165, 1.54) is 17.0 Å². The lowest BCUT2D eigenvalue weighted by atomic mass is 10.1. The van der Waals surface area contributed by atoms with Gasteiger partial charge in [0.2, 0.25) is 5.91 Å². The predicted octanol–water partition coefficient (Wildman–Crippen LogP) is 0.441. The minimum atomic E-state index is -0.797. The summed E-state index contributed by atoms with van der Waals surface area (Å²) < 4.78 is 18.2. The molecule has 0 saturated carbocycles. The number of carbonyl (C=O) groups excluding carboxylic acids is 2. The summed E-state index contributed by atoms with van der Waals surface area (Å²) >= 11 is 3.93. The van der Waals surface area contributed by atoms with Gasteiger partial charge in [-0.2, -0.15) is 0 Å². The second kappa shape index (κ2) is 5.58. The number of nitrogens with zero attached hydrogens (tertiary/aromatic N) is 1. The van der Waals surface area contributed by atoms with Crippen LogP contribution in [0.5, 0.6) is 0 Å². The van der Waals surface area contributed by atoms with Crippen molar-refractivity contribution in [1.29, 1.82) is 0 Å². The highest BCUT2D eigenvalue weighted by molar-refractivity contribution is 7.80. The molecule has 1 aliphatic rings. The topological polar surface area (TPSA) is 72.6 Å². The summed E-state index contributed by atoms with van der Waals surface area (Å²) in [6.45, 7) is 0.687. The van der Waals surface area contributed by atoms with Crippen LogP contribution in [-0.4, -0.2) is 42.5 Å². The molecule has 102 valence electrons. The molecular weight excluding hydrogens is 271 g/mol. The standard InChI is InChI=1S/C12H13FN2O3S/c13-8-2-1-7(5-10(8)19)12(17)15-3-4-18-6-9(15)11(14)16/h1-2,5,9,19H,3-4,6H2,(H2,14,16). The number of primary amides is 1. The molecule has 0 aliphatic carbocycles. The molecule has 1 fully saturated rings. The van der Waals surface area contributed by atoms with E-state index in [1.54, 1.807) is 0 Å². The average molecular weight is 284 g/mol. The van der Waals surface area contributed by atoms with E-state index in [9.17, 15) is 14.0 Å². The summed E-state index contributed by atoms with van der Waals surface area (Å²) in [4.78, 5) is 25.0. The molecule has 2 amide bonds. The zero-order valence-corrected chi connectivity index (χ0v) is 10.9. The molecule has 0 spiro atoms. The van der Waals surface area contributed by atoms with Gasteiger partial charge in [0.25, 0.3) is 5.91 Å². The summed E-state index contributed by atoms with van der Waals surface area (Å²) in [5.74, 6) is -1.52. The van der Waals surface area contributed by atoms with E-state index in [0.717, 1.165) is 6.07 Å². The molecule has 1 aliphatic heterocycles. The first-order valence-electron chi connectivity index (χ1n) is 5.67.